The minimum absolute atomic E-state index is 0.115. The summed E-state index contributed by atoms with van der Waals surface area (Å²) in [5, 5.41) is 4.40. The smallest absolute Gasteiger partial charge is 0.325 e. The van der Waals surface area contributed by atoms with Crippen molar-refractivity contribution in [3.63, 3.8) is 0 Å². The maximum Gasteiger partial charge on any atom is 0.325 e. The van der Waals surface area contributed by atoms with Gasteiger partial charge in [0.25, 0.3) is 0 Å². The zero-order chi connectivity index (χ0) is 15.7. The van der Waals surface area contributed by atoms with E-state index < -0.39 is 23.4 Å². The highest BCUT2D eigenvalue weighted by atomic mass is 19.1. The number of nitrogen functional groups attached to an aromatic ring is 1. The molecule has 3 rings (SSSR count). The first kappa shape index (κ1) is 13.7. The van der Waals surface area contributed by atoms with Crippen LogP contribution < -0.4 is 16.4 Å². The maximum atomic E-state index is 13.7. The van der Waals surface area contributed by atoms with E-state index in [1.165, 1.54) is 12.7 Å². The Morgan fingerprint density at radius 2 is 2.00 bits per heavy atom. The summed E-state index contributed by atoms with van der Waals surface area (Å²) in [5.74, 6) is -1.88. The highest BCUT2D eigenvalue weighted by molar-refractivity contribution is 6.03. The molecule has 2 amide bonds. The molecule has 0 atom stereocenters. The number of imidazole rings is 1. The molecule has 1 aromatic carbocycles. The standard InChI is InChI=1S/C12H9F2N7O/c13-5-1-2-6(15)7(14)8(5)20-12(22)21-11-9-10(17-3-16-9)18-4-19-11/h1-4H,15H2,(H3,16,17,18,19,20,21,22). The zero-order valence-electron chi connectivity index (χ0n) is 10.9. The van der Waals surface area contributed by atoms with Crippen molar-refractivity contribution in [1.29, 1.82) is 0 Å². The second kappa shape index (κ2) is 5.24. The van der Waals surface area contributed by atoms with Gasteiger partial charge in [0.05, 0.1) is 12.0 Å². The lowest BCUT2D eigenvalue weighted by molar-refractivity contribution is 0.262. The first-order valence-electron chi connectivity index (χ1n) is 6.02. The van der Waals surface area contributed by atoms with Gasteiger partial charge in [0.2, 0.25) is 0 Å². The molecule has 0 saturated heterocycles. The molecule has 2 heterocycles. The predicted octanol–water partition coefficient (Wildman–Crippen LogP) is 1.86. The maximum absolute atomic E-state index is 13.7. The number of anilines is 3. The average molecular weight is 305 g/mol. The van der Waals surface area contributed by atoms with Crippen molar-refractivity contribution in [2.24, 2.45) is 0 Å². The fourth-order valence-electron chi connectivity index (χ4n) is 1.80. The molecular weight excluding hydrogens is 296 g/mol. The predicted molar refractivity (Wildman–Crippen MR) is 75.1 cm³/mol. The van der Waals surface area contributed by atoms with E-state index in [0.717, 1.165) is 12.1 Å². The van der Waals surface area contributed by atoms with Crippen LogP contribution in [-0.2, 0) is 0 Å². The molecule has 22 heavy (non-hydrogen) atoms. The summed E-state index contributed by atoms with van der Waals surface area (Å²) >= 11 is 0. The molecule has 0 aliphatic heterocycles. The van der Waals surface area contributed by atoms with E-state index >= 15 is 0 Å². The van der Waals surface area contributed by atoms with E-state index in [4.69, 9.17) is 5.73 Å². The van der Waals surface area contributed by atoms with Crippen molar-refractivity contribution in [2.75, 3.05) is 16.4 Å². The second-order valence-corrected chi connectivity index (χ2v) is 4.23. The van der Waals surface area contributed by atoms with Crippen LogP contribution >= 0.6 is 0 Å². The number of aromatic nitrogens is 4. The van der Waals surface area contributed by atoms with Gasteiger partial charge in [0.1, 0.15) is 23.3 Å². The van der Waals surface area contributed by atoms with Gasteiger partial charge in [-0.05, 0) is 12.1 Å². The number of fused-ring (bicyclic) bond motifs is 1. The minimum atomic E-state index is -1.05. The number of nitrogens with zero attached hydrogens (tertiary/aromatic N) is 3. The molecule has 2 aromatic heterocycles. The third-order valence-corrected chi connectivity index (χ3v) is 2.81. The Labute approximate surface area is 121 Å². The number of rotatable bonds is 2. The number of H-pyrrole nitrogens is 1. The summed E-state index contributed by atoms with van der Waals surface area (Å²) in [5.41, 5.74) is 5.12. The van der Waals surface area contributed by atoms with Gasteiger partial charge >= 0.3 is 6.03 Å². The van der Waals surface area contributed by atoms with Crippen molar-refractivity contribution in [2.45, 2.75) is 0 Å². The highest BCUT2D eigenvalue weighted by Crippen LogP contribution is 2.24. The molecule has 5 N–H and O–H groups in total. The number of hydrogen-bond donors (Lipinski definition) is 4. The first-order valence-corrected chi connectivity index (χ1v) is 6.02. The summed E-state index contributed by atoms with van der Waals surface area (Å²) in [6.07, 6.45) is 2.57. The number of nitrogens with one attached hydrogen (secondary N) is 3. The van der Waals surface area contributed by atoms with Crippen LogP contribution in [0.4, 0.5) is 30.8 Å². The van der Waals surface area contributed by atoms with Crippen LogP contribution in [0.25, 0.3) is 11.2 Å². The lowest BCUT2D eigenvalue weighted by Gasteiger charge is -2.10. The molecule has 10 heteroatoms. The Balaban J connectivity index is 1.84. The molecule has 0 radical (unpaired) electrons. The number of hydrogen-bond acceptors (Lipinski definition) is 5. The fourth-order valence-corrected chi connectivity index (χ4v) is 1.80. The Hall–Kier alpha value is -3.30. The average Bonchev–Trinajstić information content (AvgIpc) is 2.97. The van der Waals surface area contributed by atoms with Crippen molar-refractivity contribution >= 4 is 34.4 Å². The minimum Gasteiger partial charge on any atom is -0.396 e. The Bertz CT molecular complexity index is 864. The van der Waals surface area contributed by atoms with E-state index in [1.807, 2.05) is 5.32 Å². The van der Waals surface area contributed by atoms with Crippen molar-refractivity contribution in [3.8, 4) is 0 Å². The molecule has 112 valence electrons. The summed E-state index contributed by atoms with van der Waals surface area (Å²) in [4.78, 5) is 26.2. The number of amides is 2. The van der Waals surface area contributed by atoms with E-state index in [-0.39, 0.29) is 11.5 Å². The van der Waals surface area contributed by atoms with E-state index in [9.17, 15) is 13.6 Å². The van der Waals surface area contributed by atoms with Crippen LogP contribution in [0.3, 0.4) is 0 Å². The Kier molecular flexibility index (Phi) is 3.26. The normalized spacial score (nSPS) is 10.6. The van der Waals surface area contributed by atoms with Gasteiger partial charge in [-0.1, -0.05) is 0 Å². The van der Waals surface area contributed by atoms with E-state index in [1.54, 1.807) is 0 Å². The lowest BCUT2D eigenvalue weighted by atomic mass is 10.2. The monoisotopic (exact) mass is 305 g/mol. The molecular formula is C12H9F2N7O. The molecule has 3 aromatic rings. The Morgan fingerprint density at radius 1 is 1.18 bits per heavy atom. The third-order valence-electron chi connectivity index (χ3n) is 2.81. The van der Waals surface area contributed by atoms with Crippen LogP contribution in [0.2, 0.25) is 0 Å². The Morgan fingerprint density at radius 3 is 2.82 bits per heavy atom. The van der Waals surface area contributed by atoms with Gasteiger partial charge in [-0.2, -0.15) is 0 Å². The molecule has 0 spiro atoms. The number of nitrogens with two attached hydrogens (primary N) is 1. The summed E-state index contributed by atoms with van der Waals surface area (Å²) in [6, 6.07) is 1.12. The molecule has 0 bridgehead atoms. The quantitative estimate of drug-likeness (QED) is 0.538. The fraction of sp³-hybridized carbons (Fsp3) is 0. The largest absolute Gasteiger partial charge is 0.396 e. The SMILES string of the molecule is Nc1ccc(F)c(NC(=O)Nc2ncnc3nc[nH]c23)c1F. The summed E-state index contributed by atoms with van der Waals surface area (Å²) < 4.78 is 27.3. The zero-order valence-corrected chi connectivity index (χ0v) is 10.9. The topological polar surface area (TPSA) is 122 Å². The first-order chi connectivity index (χ1) is 10.6. The second-order valence-electron chi connectivity index (χ2n) is 4.23. The summed E-state index contributed by atoms with van der Waals surface area (Å²) in [7, 11) is 0. The van der Waals surface area contributed by atoms with Gasteiger partial charge in [-0.3, -0.25) is 5.32 Å². The van der Waals surface area contributed by atoms with Crippen molar-refractivity contribution in [3.05, 3.63) is 36.4 Å². The van der Waals surface area contributed by atoms with Crippen LogP contribution in [-0.4, -0.2) is 26.0 Å². The van der Waals surface area contributed by atoms with Gasteiger partial charge in [0.15, 0.2) is 17.3 Å². The van der Waals surface area contributed by atoms with E-state index in [0.29, 0.717) is 11.2 Å². The lowest BCUT2D eigenvalue weighted by Crippen LogP contribution is -2.22. The molecule has 0 saturated carbocycles. The molecule has 0 aliphatic rings. The molecule has 8 nitrogen and oxygen atoms in total. The number of urea groups is 1. The van der Waals surface area contributed by atoms with Gasteiger partial charge < -0.3 is 16.0 Å². The number of aromatic amines is 1. The van der Waals surface area contributed by atoms with E-state index in [2.05, 4.69) is 25.3 Å². The van der Waals surface area contributed by atoms with Crippen LogP contribution in [0, 0.1) is 11.6 Å². The summed E-state index contributed by atoms with van der Waals surface area (Å²) in [6.45, 7) is 0. The van der Waals surface area contributed by atoms with Gasteiger partial charge in [-0.25, -0.2) is 28.5 Å². The third kappa shape index (κ3) is 2.37. The van der Waals surface area contributed by atoms with Crippen LogP contribution in [0.1, 0.15) is 0 Å². The van der Waals surface area contributed by atoms with Crippen LogP contribution in [0.5, 0.6) is 0 Å². The number of carbonyl (C=O) groups is 1. The van der Waals surface area contributed by atoms with Gasteiger partial charge in [-0.15, -0.1) is 0 Å². The molecule has 0 fully saturated rings. The number of benzene rings is 1. The highest BCUT2D eigenvalue weighted by Gasteiger charge is 2.16. The number of carbonyl (C=O) groups excluding carboxylic acids is 1. The van der Waals surface area contributed by atoms with Crippen LogP contribution in [0.15, 0.2) is 24.8 Å². The molecule has 0 unspecified atom stereocenters. The van der Waals surface area contributed by atoms with Crippen molar-refractivity contribution < 1.29 is 13.6 Å². The number of halogens is 2. The van der Waals surface area contributed by atoms with Crippen molar-refractivity contribution in [1.82, 2.24) is 19.9 Å². The molecule has 0 aliphatic carbocycles. The van der Waals surface area contributed by atoms with Gasteiger partial charge in [0, 0.05) is 0 Å².